The Morgan fingerprint density at radius 1 is 1.28 bits per heavy atom. The molecule has 2 rings (SSSR count). The third-order valence-electron chi connectivity index (χ3n) is 2.74. The zero-order valence-electron chi connectivity index (χ0n) is 10.0. The highest BCUT2D eigenvalue weighted by Gasteiger charge is 2.41. The highest BCUT2D eigenvalue weighted by Crippen LogP contribution is 2.39. The Morgan fingerprint density at radius 3 is 2.33 bits per heavy atom. The van der Waals surface area contributed by atoms with Gasteiger partial charge in [0.15, 0.2) is 5.60 Å². The molecule has 0 unspecified atom stereocenters. The second kappa shape index (κ2) is 5.05. The number of Topliss-reactive ketones (excluding diaryl/α,β-unsaturated/α-hetero) is 1. The van der Waals surface area contributed by atoms with Crippen LogP contribution < -0.4 is 0 Å². The SMILES string of the molecule is CC1(C)OC(c2ccc(C[S+]=O)cc2)=C(I)C1=O. The monoisotopic (exact) mass is 375 g/mol. The number of ether oxygens (including phenoxy) is 1. The van der Waals surface area contributed by atoms with Gasteiger partial charge in [-0.05, 0) is 36.4 Å². The summed E-state index contributed by atoms with van der Waals surface area (Å²) in [5.41, 5.74) is 1.06. The van der Waals surface area contributed by atoms with Crippen molar-refractivity contribution in [2.45, 2.75) is 25.2 Å². The molecular weight excluding hydrogens is 363 g/mol. The van der Waals surface area contributed by atoms with E-state index in [0.717, 1.165) is 11.1 Å². The number of carbonyl (C=O) groups is 1. The first-order chi connectivity index (χ1) is 8.45. The molecule has 1 aliphatic rings. The summed E-state index contributed by atoms with van der Waals surface area (Å²) in [5.74, 6) is 1.09. The maximum Gasteiger partial charge on any atom is 0.463 e. The van der Waals surface area contributed by atoms with Gasteiger partial charge in [-0.3, -0.25) is 4.79 Å². The van der Waals surface area contributed by atoms with Gasteiger partial charge in [0.25, 0.3) is 5.75 Å². The van der Waals surface area contributed by atoms with Gasteiger partial charge in [-0.2, -0.15) is 0 Å². The Morgan fingerprint density at radius 2 is 1.89 bits per heavy atom. The Kier molecular flexibility index (Phi) is 3.82. The van der Waals surface area contributed by atoms with Gasteiger partial charge in [0.1, 0.15) is 9.34 Å². The van der Waals surface area contributed by atoms with Crippen LogP contribution >= 0.6 is 22.6 Å². The summed E-state index contributed by atoms with van der Waals surface area (Å²) >= 11 is 2.57. The van der Waals surface area contributed by atoms with Crippen LogP contribution in [0.1, 0.15) is 25.0 Å². The van der Waals surface area contributed by atoms with E-state index in [1.807, 2.05) is 46.9 Å². The summed E-state index contributed by atoms with van der Waals surface area (Å²) in [6.07, 6.45) is 0. The molecule has 0 amide bonds. The number of halogens is 1. The largest absolute Gasteiger partial charge is 0.478 e. The molecule has 3 nitrogen and oxygen atoms in total. The highest BCUT2D eigenvalue weighted by atomic mass is 127. The van der Waals surface area contributed by atoms with Crippen molar-refractivity contribution in [2.75, 3.05) is 0 Å². The van der Waals surface area contributed by atoms with Crippen LogP contribution in [0.2, 0.25) is 0 Å². The van der Waals surface area contributed by atoms with E-state index in [9.17, 15) is 9.00 Å². The zero-order chi connectivity index (χ0) is 13.3. The maximum absolute atomic E-state index is 11.9. The summed E-state index contributed by atoms with van der Waals surface area (Å²) in [6.45, 7) is 3.53. The van der Waals surface area contributed by atoms with Crippen molar-refractivity contribution >= 4 is 45.8 Å². The van der Waals surface area contributed by atoms with Crippen LogP contribution in [0.4, 0.5) is 0 Å². The van der Waals surface area contributed by atoms with Crippen LogP contribution in [0.3, 0.4) is 0 Å². The molecule has 1 aliphatic heterocycles. The number of rotatable bonds is 3. The lowest BCUT2D eigenvalue weighted by molar-refractivity contribution is -0.125. The van der Waals surface area contributed by atoms with Crippen molar-refractivity contribution < 1.29 is 13.7 Å². The predicted molar refractivity (Wildman–Crippen MR) is 79.3 cm³/mol. The normalized spacial score (nSPS) is 17.8. The molecule has 0 bridgehead atoms. The molecule has 0 atom stereocenters. The molecule has 0 aliphatic carbocycles. The number of ketones is 1. The molecule has 1 aromatic rings. The second-order valence-electron chi connectivity index (χ2n) is 4.54. The highest BCUT2D eigenvalue weighted by molar-refractivity contribution is 14.1. The lowest BCUT2D eigenvalue weighted by Gasteiger charge is -2.17. The molecule has 0 radical (unpaired) electrons. The zero-order valence-corrected chi connectivity index (χ0v) is 13.0. The minimum Gasteiger partial charge on any atom is -0.478 e. The van der Waals surface area contributed by atoms with Crippen molar-refractivity contribution in [2.24, 2.45) is 0 Å². The van der Waals surface area contributed by atoms with E-state index in [1.54, 1.807) is 13.8 Å². The van der Waals surface area contributed by atoms with E-state index >= 15 is 0 Å². The van der Waals surface area contributed by atoms with E-state index in [-0.39, 0.29) is 5.78 Å². The fourth-order valence-electron chi connectivity index (χ4n) is 1.72. The molecule has 0 spiro atoms. The van der Waals surface area contributed by atoms with Gasteiger partial charge in [0.2, 0.25) is 5.78 Å². The third kappa shape index (κ3) is 2.47. The number of hydrogen-bond donors (Lipinski definition) is 0. The number of carbonyl (C=O) groups excluding carboxylic acids is 1. The van der Waals surface area contributed by atoms with Crippen molar-refractivity contribution in [3.63, 3.8) is 0 Å². The Hall–Kier alpha value is -0.820. The van der Waals surface area contributed by atoms with Crippen LogP contribution in [0.5, 0.6) is 0 Å². The molecule has 1 aromatic carbocycles. The quantitative estimate of drug-likeness (QED) is 0.603. The van der Waals surface area contributed by atoms with Crippen molar-refractivity contribution in [3.05, 3.63) is 39.0 Å². The van der Waals surface area contributed by atoms with Gasteiger partial charge in [0.05, 0.1) is 0 Å². The molecule has 0 aromatic heterocycles. The van der Waals surface area contributed by atoms with E-state index < -0.39 is 5.60 Å². The standard InChI is InChI=1S/C13H12IO3S/c1-13(2)12(15)10(14)11(17-13)9-5-3-8(4-6-9)7-18-16/h3-6H,7H2,1-2H3/q+1. The van der Waals surface area contributed by atoms with Crippen molar-refractivity contribution in [1.82, 2.24) is 0 Å². The first-order valence-electron chi connectivity index (χ1n) is 5.43. The molecule has 0 N–H and O–H groups in total. The lowest BCUT2D eigenvalue weighted by atomic mass is 10.1. The van der Waals surface area contributed by atoms with Gasteiger partial charge in [-0.1, -0.05) is 24.3 Å². The lowest BCUT2D eigenvalue weighted by Crippen LogP contribution is -2.28. The van der Waals surface area contributed by atoms with Crippen LogP contribution in [-0.2, 0) is 31.2 Å². The second-order valence-corrected chi connectivity index (χ2v) is 6.15. The van der Waals surface area contributed by atoms with Crippen LogP contribution in [-0.4, -0.2) is 11.4 Å². The van der Waals surface area contributed by atoms with E-state index in [2.05, 4.69) is 0 Å². The van der Waals surface area contributed by atoms with Crippen molar-refractivity contribution in [1.29, 1.82) is 0 Å². The smallest absolute Gasteiger partial charge is 0.463 e. The van der Waals surface area contributed by atoms with Gasteiger partial charge in [-0.25, -0.2) is 0 Å². The summed E-state index contributed by atoms with van der Waals surface area (Å²) in [6, 6.07) is 7.54. The summed E-state index contributed by atoms with van der Waals surface area (Å²) in [4.78, 5) is 11.9. The summed E-state index contributed by atoms with van der Waals surface area (Å²) in [7, 11) is 0. The predicted octanol–water partition coefficient (Wildman–Crippen LogP) is 3.10. The fourth-order valence-corrected chi connectivity index (χ4v) is 3.12. The van der Waals surface area contributed by atoms with Crippen LogP contribution in [0.25, 0.3) is 5.76 Å². The molecule has 94 valence electrons. The van der Waals surface area contributed by atoms with E-state index in [4.69, 9.17) is 4.74 Å². The fraction of sp³-hybridized carbons (Fsp3) is 0.308. The molecule has 5 heteroatoms. The third-order valence-corrected chi connectivity index (χ3v) is 4.18. The van der Waals surface area contributed by atoms with Crippen LogP contribution in [0.15, 0.2) is 27.8 Å². The molecule has 0 saturated carbocycles. The Labute approximate surface area is 123 Å². The Bertz CT molecular complexity index is 532. The molecule has 1 heterocycles. The molecule has 18 heavy (non-hydrogen) atoms. The summed E-state index contributed by atoms with van der Waals surface area (Å²) < 4.78 is 16.8. The average Bonchev–Trinajstić information content (AvgIpc) is 2.55. The van der Waals surface area contributed by atoms with Gasteiger partial charge < -0.3 is 4.74 Å². The molecule has 0 fully saturated rings. The van der Waals surface area contributed by atoms with Crippen LogP contribution in [0, 0.1) is 0 Å². The Balaban J connectivity index is 2.33. The van der Waals surface area contributed by atoms with Crippen molar-refractivity contribution in [3.8, 4) is 0 Å². The van der Waals surface area contributed by atoms with Gasteiger partial charge in [-0.15, -0.1) is 0 Å². The maximum atomic E-state index is 11.9. The van der Waals surface area contributed by atoms with E-state index in [0.29, 0.717) is 26.8 Å². The minimum atomic E-state index is -0.782. The van der Waals surface area contributed by atoms with Gasteiger partial charge in [0, 0.05) is 15.3 Å². The first-order valence-corrected chi connectivity index (χ1v) is 7.42. The molecule has 0 saturated heterocycles. The first kappa shape index (κ1) is 13.6. The minimum absolute atomic E-state index is 0.0114. The molecular formula is C13H12IO3S+. The number of hydrogen-bond acceptors (Lipinski definition) is 3. The topological polar surface area (TPSA) is 43.4 Å². The number of benzene rings is 1. The van der Waals surface area contributed by atoms with Gasteiger partial charge >= 0.3 is 11.7 Å². The summed E-state index contributed by atoms with van der Waals surface area (Å²) in [5, 5.41) is 0. The van der Waals surface area contributed by atoms with E-state index in [1.165, 1.54) is 0 Å². The average molecular weight is 375 g/mol.